The molecule has 0 aliphatic heterocycles. The molecule has 2 atom stereocenters. The number of hydrogen-bond acceptors (Lipinski definition) is 3. The highest BCUT2D eigenvalue weighted by Crippen LogP contribution is 2.45. The van der Waals surface area contributed by atoms with E-state index in [1.165, 1.54) is 45.0 Å². The van der Waals surface area contributed by atoms with Crippen LogP contribution in [0, 0.1) is 23.0 Å². The third-order valence-corrected chi connectivity index (χ3v) is 6.62. The fourth-order valence-electron chi connectivity index (χ4n) is 2.98. The summed E-state index contributed by atoms with van der Waals surface area (Å²) in [6.07, 6.45) is 0. The lowest BCUT2D eigenvalue weighted by Crippen LogP contribution is -2.38. The lowest BCUT2D eigenvalue weighted by atomic mass is 9.77. The van der Waals surface area contributed by atoms with Gasteiger partial charge in [0, 0.05) is 10.6 Å². The summed E-state index contributed by atoms with van der Waals surface area (Å²) in [7, 11) is -4.38. The lowest BCUT2D eigenvalue weighted by molar-refractivity contribution is -0.145. The van der Waals surface area contributed by atoms with Gasteiger partial charge in [0.2, 0.25) is 0 Å². The zero-order valence-electron chi connectivity index (χ0n) is 14.9. The summed E-state index contributed by atoms with van der Waals surface area (Å²) >= 11 is 5.79. The molecule has 0 bridgehead atoms. The molecule has 0 saturated heterocycles. The molecule has 2 aromatic carbocycles. The quantitative estimate of drug-likeness (QED) is 0.754. The summed E-state index contributed by atoms with van der Waals surface area (Å²) < 4.78 is 54.9. The molecule has 2 rings (SSSR count). The number of aliphatic carboxylic acids is 1. The summed E-state index contributed by atoms with van der Waals surface area (Å²) in [6.45, 7) is 4.61. The van der Waals surface area contributed by atoms with Gasteiger partial charge < -0.3 is 5.11 Å². The predicted molar refractivity (Wildman–Crippen MR) is 98.3 cm³/mol. The number of halogens is 3. The first-order valence-electron chi connectivity index (χ1n) is 8.03. The molecule has 0 radical (unpaired) electrons. The van der Waals surface area contributed by atoms with Crippen molar-refractivity contribution in [2.24, 2.45) is 11.3 Å². The van der Waals surface area contributed by atoms with E-state index in [9.17, 15) is 27.1 Å². The van der Waals surface area contributed by atoms with Crippen molar-refractivity contribution in [2.45, 2.75) is 30.9 Å². The van der Waals surface area contributed by atoms with E-state index in [0.29, 0.717) is 0 Å². The highest BCUT2D eigenvalue weighted by molar-refractivity contribution is 7.91. The number of carboxylic acids is 1. The molecule has 0 aromatic heterocycles. The van der Waals surface area contributed by atoms with Crippen LogP contribution in [0.4, 0.5) is 8.78 Å². The third kappa shape index (κ3) is 4.47. The summed E-state index contributed by atoms with van der Waals surface area (Å²) in [6, 6.07) is 7.46. The van der Waals surface area contributed by atoms with Gasteiger partial charge in [-0.1, -0.05) is 32.4 Å². The molecule has 146 valence electrons. The van der Waals surface area contributed by atoms with Gasteiger partial charge >= 0.3 is 5.97 Å². The maximum absolute atomic E-state index is 14.5. The van der Waals surface area contributed by atoms with Crippen LogP contribution >= 0.6 is 11.6 Å². The zero-order valence-corrected chi connectivity index (χ0v) is 16.5. The molecule has 2 aromatic rings. The minimum absolute atomic E-state index is 0.226. The minimum Gasteiger partial charge on any atom is -0.481 e. The van der Waals surface area contributed by atoms with E-state index in [0.717, 1.165) is 18.2 Å². The maximum atomic E-state index is 14.5. The highest BCUT2D eigenvalue weighted by Gasteiger charge is 2.47. The monoisotopic (exact) mass is 416 g/mol. The number of carboxylic acid groups (broad SMARTS) is 1. The van der Waals surface area contributed by atoms with Crippen molar-refractivity contribution in [1.82, 2.24) is 0 Å². The largest absolute Gasteiger partial charge is 0.481 e. The van der Waals surface area contributed by atoms with Gasteiger partial charge in [0.1, 0.15) is 16.9 Å². The van der Waals surface area contributed by atoms with Crippen LogP contribution in [-0.2, 0) is 14.6 Å². The van der Waals surface area contributed by atoms with Gasteiger partial charge in [0.05, 0.1) is 10.8 Å². The zero-order chi connectivity index (χ0) is 20.6. The van der Waals surface area contributed by atoms with Gasteiger partial charge in [-0.15, -0.1) is 0 Å². The standard InChI is InChI=1S/C19H19ClF2O4S/c1-19(2,3)16(18(23)24)17(14-10-12(21)6-9-15(14)22)27(25,26)13-7-4-11(20)5-8-13/h4-10,16-17H,1-3H3,(H,23,24). The van der Waals surface area contributed by atoms with E-state index in [1.807, 2.05) is 0 Å². The highest BCUT2D eigenvalue weighted by atomic mass is 35.5. The number of sulfone groups is 1. The molecule has 0 fully saturated rings. The van der Waals surface area contributed by atoms with E-state index in [1.54, 1.807) is 0 Å². The lowest BCUT2D eigenvalue weighted by Gasteiger charge is -2.34. The van der Waals surface area contributed by atoms with Crippen molar-refractivity contribution in [3.8, 4) is 0 Å². The van der Waals surface area contributed by atoms with E-state index in [2.05, 4.69) is 0 Å². The average Bonchev–Trinajstić information content (AvgIpc) is 2.53. The van der Waals surface area contributed by atoms with Crippen LogP contribution in [-0.4, -0.2) is 19.5 Å². The second-order valence-corrected chi connectivity index (χ2v) is 9.77. The van der Waals surface area contributed by atoms with Crippen molar-refractivity contribution >= 4 is 27.4 Å². The Kier molecular flexibility index (Phi) is 5.97. The molecule has 2 unspecified atom stereocenters. The summed E-state index contributed by atoms with van der Waals surface area (Å²) in [5.41, 5.74) is -1.58. The minimum atomic E-state index is -4.38. The average molecular weight is 417 g/mol. The van der Waals surface area contributed by atoms with E-state index in [-0.39, 0.29) is 9.92 Å². The molecule has 0 saturated carbocycles. The van der Waals surface area contributed by atoms with Crippen LogP contribution in [0.25, 0.3) is 0 Å². The molecular weight excluding hydrogens is 398 g/mol. The molecule has 8 heteroatoms. The Hall–Kier alpha value is -1.99. The van der Waals surface area contributed by atoms with Gasteiger partial charge in [-0.25, -0.2) is 17.2 Å². The number of hydrogen-bond donors (Lipinski definition) is 1. The van der Waals surface area contributed by atoms with Crippen molar-refractivity contribution in [1.29, 1.82) is 0 Å². The third-order valence-electron chi connectivity index (χ3n) is 4.24. The summed E-state index contributed by atoms with van der Waals surface area (Å²) in [5, 5.41) is 8.21. The predicted octanol–water partition coefficient (Wildman–Crippen LogP) is 4.88. The van der Waals surface area contributed by atoms with Crippen molar-refractivity contribution < 1.29 is 27.1 Å². The van der Waals surface area contributed by atoms with Crippen molar-refractivity contribution in [2.75, 3.05) is 0 Å². The molecule has 4 nitrogen and oxygen atoms in total. The van der Waals surface area contributed by atoms with E-state index >= 15 is 0 Å². The number of carbonyl (C=O) groups is 1. The molecule has 0 heterocycles. The second-order valence-electron chi connectivity index (χ2n) is 7.27. The topological polar surface area (TPSA) is 71.4 Å². The van der Waals surface area contributed by atoms with Crippen molar-refractivity contribution in [3.63, 3.8) is 0 Å². The first-order valence-corrected chi connectivity index (χ1v) is 9.95. The van der Waals surface area contributed by atoms with Crippen LogP contribution in [0.1, 0.15) is 31.6 Å². The van der Waals surface area contributed by atoms with Crippen LogP contribution in [0.15, 0.2) is 47.4 Å². The number of rotatable bonds is 5. The first-order chi connectivity index (χ1) is 12.4. The molecule has 0 spiro atoms. The molecule has 0 amide bonds. The Labute approximate surface area is 161 Å². The normalized spacial score (nSPS) is 14.6. The smallest absolute Gasteiger partial charge is 0.308 e. The summed E-state index contributed by atoms with van der Waals surface area (Å²) in [4.78, 5) is 11.8. The number of benzene rings is 2. The molecule has 1 N–H and O–H groups in total. The fourth-order valence-corrected chi connectivity index (χ4v) is 5.32. The molecule has 27 heavy (non-hydrogen) atoms. The Morgan fingerprint density at radius 3 is 2.11 bits per heavy atom. The van der Waals surface area contributed by atoms with Gasteiger partial charge in [-0.2, -0.15) is 0 Å². The Bertz CT molecular complexity index is 951. The van der Waals surface area contributed by atoms with Crippen LogP contribution in [0.2, 0.25) is 5.02 Å². The Balaban J connectivity index is 2.82. The Morgan fingerprint density at radius 1 is 1.07 bits per heavy atom. The molecular formula is C19H19ClF2O4S. The van der Waals surface area contributed by atoms with Gasteiger partial charge in [-0.3, -0.25) is 4.79 Å². The van der Waals surface area contributed by atoms with E-state index < -0.39 is 49.6 Å². The maximum Gasteiger partial charge on any atom is 0.308 e. The van der Waals surface area contributed by atoms with Gasteiger partial charge in [-0.05, 0) is 47.9 Å². The van der Waals surface area contributed by atoms with Crippen LogP contribution < -0.4 is 0 Å². The van der Waals surface area contributed by atoms with Crippen LogP contribution in [0.5, 0.6) is 0 Å². The molecule has 0 aliphatic rings. The van der Waals surface area contributed by atoms with Crippen molar-refractivity contribution in [3.05, 3.63) is 64.7 Å². The van der Waals surface area contributed by atoms with Gasteiger partial charge in [0.25, 0.3) is 0 Å². The van der Waals surface area contributed by atoms with Gasteiger partial charge in [0.15, 0.2) is 9.84 Å². The SMILES string of the molecule is CC(C)(C)C(C(=O)O)C(c1cc(F)ccc1F)S(=O)(=O)c1ccc(Cl)cc1. The van der Waals surface area contributed by atoms with E-state index in [4.69, 9.17) is 11.6 Å². The summed E-state index contributed by atoms with van der Waals surface area (Å²) in [5.74, 6) is -4.81. The van der Waals surface area contributed by atoms with Crippen LogP contribution in [0.3, 0.4) is 0 Å². The first kappa shape index (κ1) is 21.3. The molecule has 0 aliphatic carbocycles. The Morgan fingerprint density at radius 2 is 1.63 bits per heavy atom. The fraction of sp³-hybridized carbons (Fsp3) is 0.316. The second kappa shape index (κ2) is 7.56.